The summed E-state index contributed by atoms with van der Waals surface area (Å²) < 4.78 is 0. The van der Waals surface area contributed by atoms with Gasteiger partial charge in [0.05, 0.1) is 0 Å². The van der Waals surface area contributed by atoms with Gasteiger partial charge in [-0.1, -0.05) is 56.6 Å². The molecule has 0 spiro atoms. The maximum atomic E-state index is 2.33. The topological polar surface area (TPSA) is 0 Å². The highest BCUT2D eigenvalue weighted by atomic mass is 14.2. The lowest BCUT2D eigenvalue weighted by atomic mass is 9.82. The summed E-state index contributed by atoms with van der Waals surface area (Å²) in [4.78, 5) is 0. The molecule has 1 atom stereocenters. The third-order valence-corrected chi connectivity index (χ3v) is 3.97. The van der Waals surface area contributed by atoms with E-state index in [2.05, 4.69) is 20.8 Å². The molecule has 1 rings (SSSR count). The van der Waals surface area contributed by atoms with Crippen LogP contribution in [0.4, 0.5) is 0 Å². The first-order valence-electron chi connectivity index (χ1n) is 6.89. The van der Waals surface area contributed by atoms with Gasteiger partial charge in [0.1, 0.15) is 0 Å². The molecule has 1 unspecified atom stereocenters. The summed E-state index contributed by atoms with van der Waals surface area (Å²) in [7, 11) is 0. The Morgan fingerprint density at radius 1 is 1.00 bits per heavy atom. The number of hydrogen-bond acceptors (Lipinski definition) is 0. The zero-order valence-corrected chi connectivity index (χ0v) is 10.9. The highest BCUT2D eigenvalue weighted by molar-refractivity contribution is 5.13. The second kappa shape index (κ2) is 7.09. The summed E-state index contributed by atoms with van der Waals surface area (Å²) in [5.74, 6) is 1.01. The van der Waals surface area contributed by atoms with E-state index in [4.69, 9.17) is 0 Å². The molecule has 0 heteroatoms. The number of allylic oxidation sites excluding steroid dienone is 2. The first-order valence-corrected chi connectivity index (χ1v) is 6.89. The Kier molecular flexibility index (Phi) is 6.05. The fourth-order valence-electron chi connectivity index (χ4n) is 2.63. The molecule has 0 radical (unpaired) electrons. The maximum absolute atomic E-state index is 2.33. The molecule has 0 saturated carbocycles. The average Bonchev–Trinajstić information content (AvgIpc) is 2.23. The van der Waals surface area contributed by atoms with Gasteiger partial charge in [-0.15, -0.1) is 0 Å². The Balaban J connectivity index is 2.08. The van der Waals surface area contributed by atoms with E-state index < -0.39 is 0 Å². The average molecular weight is 208 g/mol. The molecule has 0 aromatic heterocycles. The molecule has 1 aliphatic rings. The van der Waals surface area contributed by atoms with Crippen molar-refractivity contribution in [3.8, 4) is 0 Å². The largest absolute Gasteiger partial charge is 0.0744 e. The SMILES string of the molecule is CCCCCCCC1CCC(C)=C(C)C1. The quantitative estimate of drug-likeness (QED) is 0.400. The minimum atomic E-state index is 1.01. The molecular formula is C15H28. The van der Waals surface area contributed by atoms with Gasteiger partial charge in [-0.3, -0.25) is 0 Å². The maximum Gasteiger partial charge on any atom is -0.0292 e. The van der Waals surface area contributed by atoms with Crippen molar-refractivity contribution in [2.75, 3.05) is 0 Å². The van der Waals surface area contributed by atoms with Crippen LogP contribution >= 0.6 is 0 Å². The molecule has 0 amide bonds. The van der Waals surface area contributed by atoms with Crippen molar-refractivity contribution in [3.63, 3.8) is 0 Å². The van der Waals surface area contributed by atoms with Gasteiger partial charge in [-0.05, 0) is 39.0 Å². The molecule has 88 valence electrons. The van der Waals surface area contributed by atoms with Crippen LogP contribution in [0, 0.1) is 5.92 Å². The normalized spacial score (nSPS) is 22.2. The zero-order valence-electron chi connectivity index (χ0n) is 10.9. The molecule has 0 aromatic rings. The minimum Gasteiger partial charge on any atom is -0.0744 e. The van der Waals surface area contributed by atoms with Crippen LogP contribution < -0.4 is 0 Å². The van der Waals surface area contributed by atoms with Crippen molar-refractivity contribution in [2.24, 2.45) is 5.92 Å². The van der Waals surface area contributed by atoms with Crippen molar-refractivity contribution in [1.29, 1.82) is 0 Å². The summed E-state index contributed by atoms with van der Waals surface area (Å²) >= 11 is 0. The van der Waals surface area contributed by atoms with E-state index in [-0.39, 0.29) is 0 Å². The summed E-state index contributed by atoms with van der Waals surface area (Å²) in [6.45, 7) is 6.93. The van der Waals surface area contributed by atoms with Crippen LogP contribution in [0.3, 0.4) is 0 Å². The van der Waals surface area contributed by atoms with E-state index in [1.54, 1.807) is 11.1 Å². The van der Waals surface area contributed by atoms with Crippen molar-refractivity contribution in [3.05, 3.63) is 11.1 Å². The Morgan fingerprint density at radius 3 is 2.40 bits per heavy atom. The van der Waals surface area contributed by atoms with Crippen LogP contribution in [0.15, 0.2) is 11.1 Å². The van der Waals surface area contributed by atoms with Gasteiger partial charge >= 0.3 is 0 Å². The lowest BCUT2D eigenvalue weighted by Gasteiger charge is -2.24. The number of rotatable bonds is 6. The molecule has 0 bridgehead atoms. The van der Waals surface area contributed by atoms with Crippen LogP contribution in [-0.4, -0.2) is 0 Å². The third-order valence-electron chi connectivity index (χ3n) is 3.97. The predicted molar refractivity (Wildman–Crippen MR) is 69.1 cm³/mol. The molecule has 15 heavy (non-hydrogen) atoms. The Labute approximate surface area is 96.2 Å². The molecule has 1 aliphatic carbocycles. The van der Waals surface area contributed by atoms with Crippen LogP contribution in [0.5, 0.6) is 0 Å². The zero-order chi connectivity index (χ0) is 11.1. The predicted octanol–water partition coefficient (Wildman–Crippen LogP) is 5.48. The van der Waals surface area contributed by atoms with Crippen molar-refractivity contribution >= 4 is 0 Å². The Hall–Kier alpha value is -0.260. The van der Waals surface area contributed by atoms with Gasteiger partial charge in [0.15, 0.2) is 0 Å². The highest BCUT2D eigenvalue weighted by Crippen LogP contribution is 2.32. The lowest BCUT2D eigenvalue weighted by molar-refractivity contribution is 0.402. The summed E-state index contributed by atoms with van der Waals surface area (Å²) in [6, 6.07) is 0. The van der Waals surface area contributed by atoms with Crippen molar-refractivity contribution in [2.45, 2.75) is 78.6 Å². The smallest absolute Gasteiger partial charge is 0.0292 e. The molecule has 0 heterocycles. The molecule has 0 aromatic carbocycles. The van der Waals surface area contributed by atoms with Gasteiger partial charge in [-0.25, -0.2) is 0 Å². The van der Waals surface area contributed by atoms with Crippen LogP contribution in [0.1, 0.15) is 78.6 Å². The van der Waals surface area contributed by atoms with E-state index in [9.17, 15) is 0 Å². The van der Waals surface area contributed by atoms with Crippen LogP contribution in [0.25, 0.3) is 0 Å². The van der Waals surface area contributed by atoms with E-state index in [1.165, 1.54) is 57.8 Å². The van der Waals surface area contributed by atoms with Crippen LogP contribution in [0.2, 0.25) is 0 Å². The van der Waals surface area contributed by atoms with Gasteiger partial charge in [0, 0.05) is 0 Å². The van der Waals surface area contributed by atoms with Gasteiger partial charge in [0.2, 0.25) is 0 Å². The number of unbranched alkanes of at least 4 members (excludes halogenated alkanes) is 4. The Bertz CT molecular complexity index is 200. The highest BCUT2D eigenvalue weighted by Gasteiger charge is 2.15. The van der Waals surface area contributed by atoms with Gasteiger partial charge < -0.3 is 0 Å². The molecule has 0 N–H and O–H groups in total. The molecule has 0 nitrogen and oxygen atoms in total. The summed E-state index contributed by atoms with van der Waals surface area (Å²) in [5, 5.41) is 0. The van der Waals surface area contributed by atoms with Crippen molar-refractivity contribution < 1.29 is 0 Å². The summed E-state index contributed by atoms with van der Waals surface area (Å²) in [6.07, 6.45) is 12.9. The molecule has 0 saturated heterocycles. The van der Waals surface area contributed by atoms with Crippen molar-refractivity contribution in [1.82, 2.24) is 0 Å². The molecule has 0 aliphatic heterocycles. The second-order valence-corrected chi connectivity index (χ2v) is 5.37. The number of hydrogen-bond donors (Lipinski definition) is 0. The monoisotopic (exact) mass is 208 g/mol. The minimum absolute atomic E-state index is 1.01. The van der Waals surface area contributed by atoms with E-state index in [1.807, 2.05) is 0 Å². The standard InChI is InChI=1S/C15H28/c1-4-5-6-7-8-9-15-11-10-13(2)14(3)12-15/h15H,4-12H2,1-3H3. The van der Waals surface area contributed by atoms with Gasteiger partial charge in [-0.2, -0.15) is 0 Å². The van der Waals surface area contributed by atoms with E-state index in [0.29, 0.717) is 0 Å². The molecular weight excluding hydrogens is 180 g/mol. The lowest BCUT2D eigenvalue weighted by Crippen LogP contribution is -2.08. The van der Waals surface area contributed by atoms with Crippen LogP contribution in [-0.2, 0) is 0 Å². The van der Waals surface area contributed by atoms with Gasteiger partial charge in [0.25, 0.3) is 0 Å². The summed E-state index contributed by atoms with van der Waals surface area (Å²) in [5.41, 5.74) is 3.34. The fourth-order valence-corrected chi connectivity index (χ4v) is 2.63. The van der Waals surface area contributed by atoms with E-state index in [0.717, 1.165) is 5.92 Å². The first-order chi connectivity index (χ1) is 7.24. The second-order valence-electron chi connectivity index (χ2n) is 5.37. The molecule has 0 fully saturated rings. The fraction of sp³-hybridized carbons (Fsp3) is 0.867. The Morgan fingerprint density at radius 2 is 1.73 bits per heavy atom. The third kappa shape index (κ3) is 4.86. The first kappa shape index (κ1) is 12.8. The van der Waals surface area contributed by atoms with E-state index >= 15 is 0 Å².